The molecular weight excluding hydrogens is 336 g/mol. The van der Waals surface area contributed by atoms with Crippen LogP contribution < -0.4 is 0 Å². The Bertz CT molecular complexity index is 640. The molecule has 5 heteroatoms. The van der Waals surface area contributed by atoms with Crippen molar-refractivity contribution in [3.8, 4) is 0 Å². The van der Waals surface area contributed by atoms with Crippen molar-refractivity contribution in [1.29, 1.82) is 0 Å². The molecule has 0 aliphatic heterocycles. The number of alkyl halides is 1. The first-order valence-corrected chi connectivity index (χ1v) is 6.84. The lowest BCUT2D eigenvalue weighted by Gasteiger charge is -2.14. The van der Waals surface area contributed by atoms with Crippen molar-refractivity contribution in [1.82, 2.24) is 0 Å². The number of halogens is 5. The molecule has 0 fully saturated rings. The van der Waals surface area contributed by atoms with Gasteiger partial charge in [-0.1, -0.05) is 28.1 Å². The fourth-order valence-electron chi connectivity index (χ4n) is 1.95. The van der Waals surface area contributed by atoms with Gasteiger partial charge in [0.2, 0.25) is 0 Å². The normalized spacial score (nSPS) is 12.5. The number of hydrogen-bond acceptors (Lipinski definition) is 0. The van der Waals surface area contributed by atoms with E-state index >= 15 is 0 Å². The summed E-state index contributed by atoms with van der Waals surface area (Å²) in [6.07, 6.45) is 0.0173. The second-order valence-electron chi connectivity index (χ2n) is 4.50. The average Bonchev–Trinajstić information content (AvgIpc) is 2.38. The topological polar surface area (TPSA) is 0 Å². The molecule has 0 aliphatic rings. The Hall–Kier alpha value is -1.36. The summed E-state index contributed by atoms with van der Waals surface area (Å²) >= 11 is 3.17. The van der Waals surface area contributed by atoms with Crippen LogP contribution in [-0.4, -0.2) is 0 Å². The first kappa shape index (κ1) is 15.0. The van der Waals surface area contributed by atoms with Crippen molar-refractivity contribution in [3.63, 3.8) is 0 Å². The van der Waals surface area contributed by atoms with E-state index in [1.54, 1.807) is 0 Å². The van der Waals surface area contributed by atoms with Gasteiger partial charge in [-0.3, -0.25) is 0 Å². The lowest BCUT2D eigenvalue weighted by Crippen LogP contribution is -2.05. The smallest absolute Gasteiger partial charge is 0.133 e. The Balaban J connectivity index is 2.33. The maximum atomic E-state index is 14.0. The van der Waals surface area contributed by atoms with Gasteiger partial charge in [0.15, 0.2) is 0 Å². The molecule has 106 valence electrons. The molecular formula is C15H11BrF4. The number of aryl methyl sites for hydroxylation is 1. The van der Waals surface area contributed by atoms with E-state index in [9.17, 15) is 17.6 Å². The summed E-state index contributed by atoms with van der Waals surface area (Å²) in [7, 11) is 0. The molecule has 0 amide bonds. The van der Waals surface area contributed by atoms with Crippen LogP contribution in [0.1, 0.15) is 21.5 Å². The summed E-state index contributed by atoms with van der Waals surface area (Å²) < 4.78 is 54.1. The second-order valence-corrected chi connectivity index (χ2v) is 5.60. The van der Waals surface area contributed by atoms with Crippen LogP contribution in [0.5, 0.6) is 0 Å². The maximum Gasteiger partial charge on any atom is 0.133 e. The molecule has 2 aromatic rings. The van der Waals surface area contributed by atoms with E-state index < -0.39 is 28.1 Å². The second kappa shape index (κ2) is 5.95. The minimum absolute atomic E-state index is 0.0173. The number of benzene rings is 2. The van der Waals surface area contributed by atoms with Crippen molar-refractivity contribution >= 4 is 15.9 Å². The summed E-state index contributed by atoms with van der Waals surface area (Å²) in [5.41, 5.74) is 0.354. The highest BCUT2D eigenvalue weighted by molar-refractivity contribution is 9.09. The zero-order valence-corrected chi connectivity index (χ0v) is 12.1. The van der Waals surface area contributed by atoms with Gasteiger partial charge < -0.3 is 0 Å². The van der Waals surface area contributed by atoms with E-state index in [2.05, 4.69) is 15.9 Å². The van der Waals surface area contributed by atoms with Crippen molar-refractivity contribution in [3.05, 3.63) is 70.3 Å². The first-order valence-electron chi connectivity index (χ1n) is 5.92. The average molecular weight is 347 g/mol. The van der Waals surface area contributed by atoms with Gasteiger partial charge in [0, 0.05) is 16.5 Å². The quantitative estimate of drug-likeness (QED) is 0.527. The molecule has 0 aliphatic carbocycles. The number of hydrogen-bond donors (Lipinski definition) is 0. The fraction of sp³-hybridized carbons (Fsp3) is 0.200. The summed E-state index contributed by atoms with van der Waals surface area (Å²) in [6.45, 7) is 1.52. The highest BCUT2D eigenvalue weighted by atomic mass is 79.9. The van der Waals surface area contributed by atoms with Crippen molar-refractivity contribution in [2.45, 2.75) is 18.2 Å². The van der Waals surface area contributed by atoms with Crippen LogP contribution in [0.25, 0.3) is 0 Å². The third kappa shape index (κ3) is 3.03. The largest absolute Gasteiger partial charge is 0.207 e. The molecule has 1 atom stereocenters. The first-order chi connectivity index (χ1) is 9.40. The molecule has 0 saturated carbocycles. The van der Waals surface area contributed by atoms with Gasteiger partial charge in [-0.15, -0.1) is 0 Å². The molecule has 1 unspecified atom stereocenters. The molecule has 0 bridgehead atoms. The van der Waals surface area contributed by atoms with Gasteiger partial charge in [-0.05, 0) is 36.6 Å². The van der Waals surface area contributed by atoms with Crippen molar-refractivity contribution in [2.75, 3.05) is 0 Å². The molecule has 0 heterocycles. The zero-order chi connectivity index (χ0) is 14.9. The molecule has 0 spiro atoms. The van der Waals surface area contributed by atoms with Gasteiger partial charge in [-0.25, -0.2) is 17.6 Å². The Labute approximate surface area is 122 Å². The van der Waals surface area contributed by atoms with E-state index in [1.165, 1.54) is 25.1 Å². The highest BCUT2D eigenvalue weighted by Gasteiger charge is 2.21. The Kier molecular flexibility index (Phi) is 4.48. The van der Waals surface area contributed by atoms with Crippen molar-refractivity contribution < 1.29 is 17.6 Å². The van der Waals surface area contributed by atoms with Gasteiger partial charge in [0.1, 0.15) is 23.3 Å². The molecule has 0 radical (unpaired) electrons. The Morgan fingerprint density at radius 1 is 1.00 bits per heavy atom. The lowest BCUT2D eigenvalue weighted by atomic mass is 10.0. The predicted octanol–water partition coefficient (Wildman–Crippen LogP) is 5.23. The molecule has 2 aromatic carbocycles. The van der Waals surface area contributed by atoms with E-state index in [0.29, 0.717) is 5.56 Å². The maximum absolute atomic E-state index is 14.0. The van der Waals surface area contributed by atoms with Crippen LogP contribution in [0, 0.1) is 30.2 Å². The van der Waals surface area contributed by atoms with Gasteiger partial charge >= 0.3 is 0 Å². The van der Waals surface area contributed by atoms with Crippen LogP contribution in [0.4, 0.5) is 17.6 Å². The monoisotopic (exact) mass is 346 g/mol. The fourth-order valence-corrected chi connectivity index (χ4v) is 2.72. The Morgan fingerprint density at radius 3 is 2.35 bits per heavy atom. The standard InChI is InChI=1S/C15H11BrF4/c1-8-2-5-12(18)14(15(8)20)11(16)6-9-3-4-10(17)7-13(9)19/h2-5,7,11H,6H2,1H3. The highest BCUT2D eigenvalue weighted by Crippen LogP contribution is 2.33. The van der Waals surface area contributed by atoms with Crippen LogP contribution in [0.2, 0.25) is 0 Å². The molecule has 0 N–H and O–H groups in total. The lowest BCUT2D eigenvalue weighted by molar-refractivity contribution is 0.542. The zero-order valence-electron chi connectivity index (χ0n) is 10.6. The summed E-state index contributed by atoms with van der Waals surface area (Å²) in [5.74, 6) is -2.78. The number of rotatable bonds is 3. The van der Waals surface area contributed by atoms with E-state index in [4.69, 9.17) is 0 Å². The van der Waals surface area contributed by atoms with Crippen LogP contribution in [-0.2, 0) is 6.42 Å². The van der Waals surface area contributed by atoms with Crippen LogP contribution >= 0.6 is 15.9 Å². The molecule has 0 saturated heterocycles. The van der Waals surface area contributed by atoms with Crippen LogP contribution in [0.15, 0.2) is 30.3 Å². The minimum atomic E-state index is -0.734. The van der Waals surface area contributed by atoms with Crippen LogP contribution in [0.3, 0.4) is 0 Å². The molecule has 20 heavy (non-hydrogen) atoms. The summed E-state index contributed by atoms with van der Waals surface area (Å²) in [6, 6.07) is 5.64. The van der Waals surface area contributed by atoms with Gasteiger partial charge in [0.25, 0.3) is 0 Å². The summed E-state index contributed by atoms with van der Waals surface area (Å²) in [5, 5.41) is 0. The Morgan fingerprint density at radius 2 is 1.70 bits per heavy atom. The predicted molar refractivity (Wildman–Crippen MR) is 72.8 cm³/mol. The molecule has 0 nitrogen and oxygen atoms in total. The van der Waals surface area contributed by atoms with E-state index in [0.717, 1.165) is 12.1 Å². The SMILES string of the molecule is Cc1ccc(F)c(C(Br)Cc2ccc(F)cc2F)c1F. The van der Waals surface area contributed by atoms with Crippen molar-refractivity contribution in [2.24, 2.45) is 0 Å². The summed E-state index contributed by atoms with van der Waals surface area (Å²) in [4.78, 5) is -0.734. The van der Waals surface area contributed by atoms with Gasteiger partial charge in [-0.2, -0.15) is 0 Å². The van der Waals surface area contributed by atoms with E-state index in [1.807, 2.05) is 0 Å². The minimum Gasteiger partial charge on any atom is -0.207 e. The van der Waals surface area contributed by atoms with Gasteiger partial charge in [0.05, 0.1) is 0 Å². The molecule has 0 aromatic heterocycles. The third-order valence-corrected chi connectivity index (χ3v) is 3.83. The van der Waals surface area contributed by atoms with E-state index in [-0.39, 0.29) is 17.5 Å². The molecule has 2 rings (SSSR count). The third-order valence-electron chi connectivity index (χ3n) is 3.05.